The van der Waals surface area contributed by atoms with Crippen LogP contribution in [0.4, 0.5) is 4.79 Å². The van der Waals surface area contributed by atoms with E-state index in [-0.39, 0.29) is 18.8 Å². The van der Waals surface area contributed by atoms with Crippen molar-refractivity contribution in [2.45, 2.75) is 38.5 Å². The molecule has 1 fully saturated rings. The van der Waals surface area contributed by atoms with E-state index in [4.69, 9.17) is 13.9 Å². The van der Waals surface area contributed by atoms with Crippen LogP contribution in [-0.4, -0.2) is 28.9 Å². The first kappa shape index (κ1) is 15.5. The van der Waals surface area contributed by atoms with E-state index in [1.807, 2.05) is 30.3 Å². The number of aromatic nitrogens is 2. The van der Waals surface area contributed by atoms with E-state index >= 15 is 0 Å². The molecule has 2 aromatic rings. The summed E-state index contributed by atoms with van der Waals surface area (Å²) in [7, 11) is 0. The van der Waals surface area contributed by atoms with Crippen LogP contribution >= 0.6 is 0 Å². The van der Waals surface area contributed by atoms with E-state index in [9.17, 15) is 4.79 Å². The molecular weight excluding hydrogens is 298 g/mol. The molecule has 7 heteroatoms. The molecule has 2 atom stereocenters. The van der Waals surface area contributed by atoms with Crippen LogP contribution in [0.1, 0.15) is 36.3 Å². The summed E-state index contributed by atoms with van der Waals surface area (Å²) in [5.74, 6) is 1.01. The predicted molar refractivity (Wildman–Crippen MR) is 80.5 cm³/mol. The number of hydrogen-bond donors (Lipinski definition) is 1. The molecule has 2 heterocycles. The number of amides is 1. The van der Waals surface area contributed by atoms with E-state index in [0.717, 1.165) is 12.0 Å². The summed E-state index contributed by atoms with van der Waals surface area (Å²) in [5.41, 5.74) is 0.953. The van der Waals surface area contributed by atoms with Crippen LogP contribution in [0.25, 0.3) is 0 Å². The molecule has 0 aliphatic carbocycles. The Morgan fingerprint density at radius 1 is 1.30 bits per heavy atom. The van der Waals surface area contributed by atoms with Crippen LogP contribution in [-0.2, 0) is 16.1 Å². The fourth-order valence-corrected chi connectivity index (χ4v) is 2.43. The van der Waals surface area contributed by atoms with Crippen LogP contribution in [0.5, 0.6) is 0 Å². The molecule has 7 nitrogen and oxygen atoms in total. The van der Waals surface area contributed by atoms with Crippen molar-refractivity contribution in [3.05, 3.63) is 47.7 Å². The Balaban J connectivity index is 1.41. The number of carbonyl (C=O) groups is 1. The molecule has 1 N–H and O–H groups in total. The lowest BCUT2D eigenvalue weighted by Gasteiger charge is -2.27. The molecule has 0 radical (unpaired) electrons. The number of benzene rings is 1. The SMILES string of the molecule is Cc1nnc([C@@H]2CC[C@@H](NC(=O)OCc3ccccc3)CO2)o1. The van der Waals surface area contributed by atoms with Crippen molar-refractivity contribution in [1.29, 1.82) is 0 Å². The summed E-state index contributed by atoms with van der Waals surface area (Å²) in [4.78, 5) is 11.8. The first-order valence-electron chi connectivity index (χ1n) is 7.59. The Labute approximate surface area is 134 Å². The van der Waals surface area contributed by atoms with Crippen LogP contribution in [0.15, 0.2) is 34.7 Å². The van der Waals surface area contributed by atoms with Gasteiger partial charge in [-0.25, -0.2) is 4.79 Å². The Hall–Kier alpha value is -2.41. The van der Waals surface area contributed by atoms with Gasteiger partial charge in [0.25, 0.3) is 0 Å². The van der Waals surface area contributed by atoms with Gasteiger partial charge in [-0.05, 0) is 18.4 Å². The van der Waals surface area contributed by atoms with Gasteiger partial charge in [0.05, 0.1) is 12.6 Å². The number of nitrogens with one attached hydrogen (secondary N) is 1. The first-order valence-corrected chi connectivity index (χ1v) is 7.59. The molecule has 0 saturated carbocycles. The minimum atomic E-state index is -0.436. The maximum absolute atomic E-state index is 11.8. The quantitative estimate of drug-likeness (QED) is 0.932. The fourth-order valence-electron chi connectivity index (χ4n) is 2.43. The lowest BCUT2D eigenvalue weighted by atomic mass is 10.1. The second-order valence-corrected chi connectivity index (χ2v) is 5.46. The smallest absolute Gasteiger partial charge is 0.407 e. The zero-order valence-corrected chi connectivity index (χ0v) is 12.9. The summed E-state index contributed by atoms with van der Waals surface area (Å²) in [6, 6.07) is 9.49. The summed E-state index contributed by atoms with van der Waals surface area (Å²) < 4.78 is 16.3. The van der Waals surface area contributed by atoms with Crippen LogP contribution in [0.3, 0.4) is 0 Å². The molecule has 1 amide bonds. The monoisotopic (exact) mass is 317 g/mol. The summed E-state index contributed by atoms with van der Waals surface area (Å²) in [6.45, 7) is 2.39. The second kappa shape index (κ2) is 7.23. The van der Waals surface area contributed by atoms with Crippen molar-refractivity contribution in [3.8, 4) is 0 Å². The maximum Gasteiger partial charge on any atom is 0.407 e. The van der Waals surface area contributed by atoms with Crippen LogP contribution in [0.2, 0.25) is 0 Å². The highest BCUT2D eigenvalue weighted by Crippen LogP contribution is 2.26. The molecule has 3 rings (SSSR count). The number of hydrogen-bond acceptors (Lipinski definition) is 6. The predicted octanol–water partition coefficient (Wildman–Crippen LogP) is 2.52. The Morgan fingerprint density at radius 3 is 2.78 bits per heavy atom. The molecule has 122 valence electrons. The molecule has 1 aliphatic rings. The lowest BCUT2D eigenvalue weighted by molar-refractivity contribution is -0.0190. The third-order valence-corrected chi connectivity index (χ3v) is 3.63. The van der Waals surface area contributed by atoms with E-state index in [0.29, 0.717) is 24.8 Å². The fraction of sp³-hybridized carbons (Fsp3) is 0.438. The molecule has 23 heavy (non-hydrogen) atoms. The average molecular weight is 317 g/mol. The molecule has 1 aliphatic heterocycles. The molecule has 1 saturated heterocycles. The Kier molecular flexibility index (Phi) is 4.87. The molecule has 1 aromatic carbocycles. The topological polar surface area (TPSA) is 86.5 Å². The van der Waals surface area contributed by atoms with Gasteiger partial charge in [0.2, 0.25) is 11.8 Å². The van der Waals surface area contributed by atoms with Crippen molar-refractivity contribution >= 4 is 6.09 Å². The summed E-state index contributed by atoms with van der Waals surface area (Å²) >= 11 is 0. The van der Waals surface area contributed by atoms with Gasteiger partial charge in [-0.2, -0.15) is 0 Å². The number of nitrogens with zero attached hydrogens (tertiary/aromatic N) is 2. The normalized spacial score (nSPS) is 20.9. The minimum Gasteiger partial charge on any atom is -0.445 e. The Morgan fingerprint density at radius 2 is 2.13 bits per heavy atom. The maximum atomic E-state index is 11.8. The van der Waals surface area contributed by atoms with Gasteiger partial charge in [-0.15, -0.1) is 10.2 Å². The number of carbonyl (C=O) groups excluding carboxylic acids is 1. The minimum absolute atomic E-state index is 0.0708. The van der Waals surface area contributed by atoms with E-state index in [1.165, 1.54) is 0 Å². The van der Waals surface area contributed by atoms with Crippen molar-refractivity contribution in [2.75, 3.05) is 6.61 Å². The number of rotatable bonds is 4. The van der Waals surface area contributed by atoms with Crippen LogP contribution < -0.4 is 5.32 Å². The van der Waals surface area contributed by atoms with Gasteiger partial charge in [-0.1, -0.05) is 30.3 Å². The molecule has 0 bridgehead atoms. The van der Waals surface area contributed by atoms with Gasteiger partial charge in [0, 0.05) is 6.92 Å². The molecule has 1 aromatic heterocycles. The largest absolute Gasteiger partial charge is 0.445 e. The van der Waals surface area contributed by atoms with Gasteiger partial charge in [-0.3, -0.25) is 0 Å². The first-order chi connectivity index (χ1) is 11.2. The van der Waals surface area contributed by atoms with Crippen LogP contribution in [0, 0.1) is 6.92 Å². The zero-order valence-electron chi connectivity index (χ0n) is 12.9. The molecule has 0 spiro atoms. The lowest BCUT2D eigenvalue weighted by Crippen LogP contribution is -2.41. The second-order valence-electron chi connectivity index (χ2n) is 5.46. The highest BCUT2D eigenvalue weighted by molar-refractivity contribution is 5.67. The van der Waals surface area contributed by atoms with E-state index in [2.05, 4.69) is 15.5 Å². The number of alkyl carbamates (subject to hydrolysis) is 1. The molecule has 0 unspecified atom stereocenters. The van der Waals surface area contributed by atoms with Crippen molar-refractivity contribution in [1.82, 2.24) is 15.5 Å². The number of ether oxygens (including phenoxy) is 2. The summed E-state index contributed by atoms with van der Waals surface area (Å²) in [5, 5.41) is 10.6. The van der Waals surface area contributed by atoms with Crippen molar-refractivity contribution in [2.24, 2.45) is 0 Å². The van der Waals surface area contributed by atoms with Gasteiger partial charge < -0.3 is 19.2 Å². The van der Waals surface area contributed by atoms with Gasteiger partial charge in [0.15, 0.2) is 0 Å². The van der Waals surface area contributed by atoms with E-state index in [1.54, 1.807) is 6.92 Å². The third kappa shape index (κ3) is 4.29. The third-order valence-electron chi connectivity index (χ3n) is 3.63. The number of aryl methyl sites for hydroxylation is 1. The van der Waals surface area contributed by atoms with Gasteiger partial charge in [0.1, 0.15) is 12.7 Å². The van der Waals surface area contributed by atoms with Crippen molar-refractivity contribution in [3.63, 3.8) is 0 Å². The zero-order chi connectivity index (χ0) is 16.1. The standard InChI is InChI=1S/C16H19N3O4/c1-11-18-19-15(23-11)14-8-7-13(10-21-14)17-16(20)22-9-12-5-3-2-4-6-12/h2-6,13-14H,7-10H2,1H3,(H,17,20)/t13-,14+/m1/s1. The molecular formula is C16H19N3O4. The van der Waals surface area contributed by atoms with E-state index < -0.39 is 6.09 Å². The van der Waals surface area contributed by atoms with Crippen molar-refractivity contribution < 1.29 is 18.7 Å². The highest BCUT2D eigenvalue weighted by Gasteiger charge is 2.27. The Bertz CT molecular complexity index is 636. The highest BCUT2D eigenvalue weighted by atomic mass is 16.5. The summed E-state index contributed by atoms with van der Waals surface area (Å²) in [6.07, 6.45) is 0.849. The van der Waals surface area contributed by atoms with Gasteiger partial charge >= 0.3 is 6.09 Å². The average Bonchev–Trinajstić information content (AvgIpc) is 3.01.